The van der Waals surface area contributed by atoms with Gasteiger partial charge < -0.3 is 9.64 Å². The molecular formula is C17H15F3N6OS. The predicted octanol–water partition coefficient (Wildman–Crippen LogP) is 3.46. The number of rotatable bonds is 4. The summed E-state index contributed by atoms with van der Waals surface area (Å²) in [5, 5.41) is 8.52. The molecule has 3 aromatic heterocycles. The topological polar surface area (TPSA) is 76.9 Å². The second-order valence-electron chi connectivity index (χ2n) is 6.19. The van der Waals surface area contributed by atoms with E-state index in [1.165, 1.54) is 17.4 Å². The van der Waals surface area contributed by atoms with Crippen LogP contribution in [0.4, 0.5) is 19.0 Å². The molecule has 0 radical (unpaired) electrons. The summed E-state index contributed by atoms with van der Waals surface area (Å²) >= 11 is 1.39. The Balaban J connectivity index is 1.35. The van der Waals surface area contributed by atoms with Crippen LogP contribution in [-0.4, -0.2) is 44.3 Å². The van der Waals surface area contributed by atoms with Gasteiger partial charge in [0, 0.05) is 38.2 Å². The normalized spacial score (nSPS) is 15.6. The molecule has 1 fully saturated rings. The molecule has 0 N–H and O–H groups in total. The van der Waals surface area contributed by atoms with E-state index in [9.17, 15) is 13.2 Å². The third-order valence-electron chi connectivity index (χ3n) is 4.32. The smallest absolute Gasteiger partial charge is 0.417 e. The van der Waals surface area contributed by atoms with Crippen molar-refractivity contribution in [3.63, 3.8) is 0 Å². The summed E-state index contributed by atoms with van der Waals surface area (Å²) in [6.07, 6.45) is 1.03. The molecule has 1 aliphatic heterocycles. The van der Waals surface area contributed by atoms with Crippen LogP contribution in [0.5, 0.6) is 5.88 Å². The van der Waals surface area contributed by atoms with E-state index in [1.54, 1.807) is 17.9 Å². The molecule has 0 amide bonds. The van der Waals surface area contributed by atoms with Crippen molar-refractivity contribution in [2.24, 2.45) is 0 Å². The molecule has 28 heavy (non-hydrogen) atoms. The average molecular weight is 408 g/mol. The molecule has 0 spiro atoms. The number of nitrogens with zero attached hydrogens (tertiary/aromatic N) is 6. The van der Waals surface area contributed by atoms with Gasteiger partial charge in [-0.25, -0.2) is 9.97 Å². The van der Waals surface area contributed by atoms with Crippen LogP contribution in [0.1, 0.15) is 18.4 Å². The van der Waals surface area contributed by atoms with Gasteiger partial charge in [0.25, 0.3) is 0 Å². The van der Waals surface area contributed by atoms with Crippen molar-refractivity contribution in [3.05, 3.63) is 41.8 Å². The third kappa shape index (κ3) is 4.19. The van der Waals surface area contributed by atoms with Crippen molar-refractivity contribution in [1.82, 2.24) is 25.1 Å². The van der Waals surface area contributed by atoms with E-state index in [2.05, 4.69) is 30.0 Å². The highest BCUT2D eigenvalue weighted by atomic mass is 32.1. The van der Waals surface area contributed by atoms with Crippen LogP contribution in [0.2, 0.25) is 0 Å². The van der Waals surface area contributed by atoms with Gasteiger partial charge in [-0.3, -0.25) is 4.98 Å². The minimum absolute atomic E-state index is 0.111. The molecule has 0 aliphatic carbocycles. The molecule has 0 atom stereocenters. The molecular weight excluding hydrogens is 393 g/mol. The zero-order valence-electron chi connectivity index (χ0n) is 14.5. The lowest BCUT2D eigenvalue weighted by Crippen LogP contribution is -2.38. The van der Waals surface area contributed by atoms with Crippen molar-refractivity contribution < 1.29 is 17.9 Å². The first-order valence-corrected chi connectivity index (χ1v) is 9.40. The molecule has 3 aromatic rings. The summed E-state index contributed by atoms with van der Waals surface area (Å²) in [5.74, 6) is 0.948. The minimum atomic E-state index is -4.40. The average Bonchev–Trinajstić information content (AvgIpc) is 3.23. The Morgan fingerprint density at radius 1 is 1.11 bits per heavy atom. The van der Waals surface area contributed by atoms with E-state index in [0.717, 1.165) is 18.1 Å². The standard InChI is InChI=1S/C17H15F3N6OS/c18-17(19,20)11-1-2-15(22-7-11)27-12-3-5-26(6-4-12)14-9-21-8-13(24-14)16-25-23-10-28-16/h1-2,7-10,12H,3-6H2. The van der Waals surface area contributed by atoms with E-state index in [1.807, 2.05) is 0 Å². The number of hydrogen-bond acceptors (Lipinski definition) is 8. The van der Waals surface area contributed by atoms with Gasteiger partial charge in [-0.05, 0) is 6.07 Å². The number of alkyl halides is 3. The van der Waals surface area contributed by atoms with Crippen LogP contribution in [0, 0.1) is 0 Å². The van der Waals surface area contributed by atoms with Crippen LogP contribution in [-0.2, 0) is 6.18 Å². The Bertz CT molecular complexity index is 911. The van der Waals surface area contributed by atoms with Crippen molar-refractivity contribution in [2.75, 3.05) is 18.0 Å². The van der Waals surface area contributed by atoms with Crippen molar-refractivity contribution in [1.29, 1.82) is 0 Å². The van der Waals surface area contributed by atoms with E-state index >= 15 is 0 Å². The lowest BCUT2D eigenvalue weighted by atomic mass is 10.1. The second kappa shape index (κ2) is 7.66. The minimum Gasteiger partial charge on any atom is -0.474 e. The lowest BCUT2D eigenvalue weighted by Gasteiger charge is -2.32. The number of anilines is 1. The van der Waals surface area contributed by atoms with Gasteiger partial charge >= 0.3 is 6.18 Å². The number of hydrogen-bond donors (Lipinski definition) is 0. The van der Waals surface area contributed by atoms with Crippen molar-refractivity contribution >= 4 is 17.2 Å². The van der Waals surface area contributed by atoms with Gasteiger partial charge in [0.1, 0.15) is 23.1 Å². The van der Waals surface area contributed by atoms with Crippen LogP contribution in [0.25, 0.3) is 10.7 Å². The van der Waals surface area contributed by atoms with Crippen LogP contribution in [0.15, 0.2) is 36.2 Å². The van der Waals surface area contributed by atoms with Gasteiger partial charge in [-0.15, -0.1) is 10.2 Å². The first-order chi connectivity index (χ1) is 13.5. The van der Waals surface area contributed by atoms with Crippen molar-refractivity contribution in [3.8, 4) is 16.6 Å². The monoisotopic (exact) mass is 408 g/mol. The maximum absolute atomic E-state index is 12.6. The van der Waals surface area contributed by atoms with Gasteiger partial charge in [0.05, 0.1) is 18.0 Å². The summed E-state index contributed by atoms with van der Waals surface area (Å²) in [4.78, 5) is 14.7. The first-order valence-electron chi connectivity index (χ1n) is 8.52. The number of ether oxygens (including phenoxy) is 1. The fraction of sp³-hybridized carbons (Fsp3) is 0.353. The zero-order chi connectivity index (χ0) is 19.6. The molecule has 146 valence electrons. The summed E-state index contributed by atoms with van der Waals surface area (Å²) in [5.41, 5.74) is 1.53. The number of aromatic nitrogens is 5. The summed E-state index contributed by atoms with van der Waals surface area (Å²) in [6, 6.07) is 2.23. The van der Waals surface area contributed by atoms with Crippen molar-refractivity contribution in [2.45, 2.75) is 25.1 Å². The molecule has 0 saturated carbocycles. The molecule has 1 aliphatic rings. The number of halogens is 3. The SMILES string of the molecule is FC(F)(F)c1ccc(OC2CCN(c3cncc(-c4nncs4)n3)CC2)nc1. The summed E-state index contributed by atoms with van der Waals surface area (Å²) in [6.45, 7) is 1.39. The number of pyridine rings is 1. The van der Waals surface area contributed by atoms with Gasteiger partial charge in [0.15, 0.2) is 5.01 Å². The van der Waals surface area contributed by atoms with Crippen LogP contribution >= 0.6 is 11.3 Å². The Morgan fingerprint density at radius 2 is 1.93 bits per heavy atom. The van der Waals surface area contributed by atoms with Gasteiger partial charge in [0.2, 0.25) is 5.88 Å². The first kappa shape index (κ1) is 18.5. The quantitative estimate of drug-likeness (QED) is 0.654. The molecule has 11 heteroatoms. The molecule has 4 rings (SSSR count). The third-order valence-corrected chi connectivity index (χ3v) is 5.03. The van der Waals surface area contributed by atoms with E-state index in [4.69, 9.17) is 4.74 Å². The molecule has 0 bridgehead atoms. The fourth-order valence-electron chi connectivity index (χ4n) is 2.89. The van der Waals surface area contributed by atoms with E-state index in [0.29, 0.717) is 36.6 Å². The Morgan fingerprint density at radius 3 is 2.57 bits per heavy atom. The Hall–Kier alpha value is -2.82. The molecule has 1 saturated heterocycles. The Kier molecular flexibility index (Phi) is 5.07. The molecule has 7 nitrogen and oxygen atoms in total. The van der Waals surface area contributed by atoms with Gasteiger partial charge in [-0.1, -0.05) is 11.3 Å². The van der Waals surface area contributed by atoms with E-state index in [-0.39, 0.29) is 12.0 Å². The Labute approximate surface area is 162 Å². The fourth-order valence-corrected chi connectivity index (χ4v) is 3.39. The zero-order valence-corrected chi connectivity index (χ0v) is 15.3. The lowest BCUT2D eigenvalue weighted by molar-refractivity contribution is -0.137. The molecule has 4 heterocycles. The summed E-state index contributed by atoms with van der Waals surface area (Å²) < 4.78 is 43.5. The maximum atomic E-state index is 12.6. The van der Waals surface area contributed by atoms with Crippen LogP contribution < -0.4 is 9.64 Å². The van der Waals surface area contributed by atoms with Crippen LogP contribution in [0.3, 0.4) is 0 Å². The number of piperidine rings is 1. The largest absolute Gasteiger partial charge is 0.474 e. The molecule has 0 unspecified atom stereocenters. The summed E-state index contributed by atoms with van der Waals surface area (Å²) in [7, 11) is 0. The highest BCUT2D eigenvalue weighted by molar-refractivity contribution is 7.12. The van der Waals surface area contributed by atoms with E-state index < -0.39 is 11.7 Å². The van der Waals surface area contributed by atoms with Gasteiger partial charge in [-0.2, -0.15) is 13.2 Å². The second-order valence-corrected chi connectivity index (χ2v) is 7.03. The highest BCUT2D eigenvalue weighted by Gasteiger charge is 2.31. The highest BCUT2D eigenvalue weighted by Crippen LogP contribution is 2.30. The molecule has 0 aromatic carbocycles. The predicted molar refractivity (Wildman–Crippen MR) is 96.0 cm³/mol. The maximum Gasteiger partial charge on any atom is 0.417 e.